The first-order valence-electron chi connectivity index (χ1n) is 9.04. The zero-order valence-corrected chi connectivity index (χ0v) is 14.5. The van der Waals surface area contributed by atoms with Crippen molar-refractivity contribution in [2.24, 2.45) is 0 Å². The summed E-state index contributed by atoms with van der Waals surface area (Å²) < 4.78 is 1.65. The molecule has 2 aromatic rings. The summed E-state index contributed by atoms with van der Waals surface area (Å²) in [5, 5.41) is 16.7. The van der Waals surface area contributed by atoms with Crippen LogP contribution in [0.1, 0.15) is 37.3 Å². The van der Waals surface area contributed by atoms with Crippen molar-refractivity contribution in [1.82, 2.24) is 30.0 Å². The van der Waals surface area contributed by atoms with Gasteiger partial charge in [-0.05, 0) is 19.3 Å². The highest BCUT2D eigenvalue weighted by Crippen LogP contribution is 2.36. The highest BCUT2D eigenvalue weighted by atomic mass is 16.3. The normalized spacial score (nSPS) is 25.1. The van der Waals surface area contributed by atoms with E-state index in [1.54, 1.807) is 17.3 Å². The summed E-state index contributed by atoms with van der Waals surface area (Å²) in [6.07, 6.45) is 7.38. The molecule has 1 saturated heterocycles. The molecule has 3 heterocycles. The van der Waals surface area contributed by atoms with Crippen molar-refractivity contribution in [3.63, 3.8) is 0 Å². The van der Waals surface area contributed by atoms with E-state index in [-0.39, 0.29) is 18.1 Å². The van der Waals surface area contributed by atoms with Crippen molar-refractivity contribution in [2.75, 3.05) is 18.0 Å². The molecule has 0 bridgehead atoms. The highest BCUT2D eigenvalue weighted by Gasteiger charge is 2.33. The number of rotatable bonds is 6. The maximum absolute atomic E-state index is 12.0. The topological polar surface area (TPSA) is 109 Å². The van der Waals surface area contributed by atoms with Gasteiger partial charge >= 0.3 is 0 Å². The number of nitrogens with one attached hydrogen (secondary N) is 1. The first kappa shape index (κ1) is 16.9. The highest BCUT2D eigenvalue weighted by molar-refractivity contribution is 5.76. The quantitative estimate of drug-likeness (QED) is 0.754. The predicted octanol–water partition coefficient (Wildman–Crippen LogP) is 0.0916. The van der Waals surface area contributed by atoms with Gasteiger partial charge < -0.3 is 15.3 Å². The Morgan fingerprint density at radius 2 is 2.19 bits per heavy atom. The van der Waals surface area contributed by atoms with Crippen LogP contribution in [0.25, 0.3) is 0 Å². The van der Waals surface area contributed by atoms with Gasteiger partial charge in [0.15, 0.2) is 0 Å². The van der Waals surface area contributed by atoms with Crippen LogP contribution < -0.4 is 10.2 Å². The van der Waals surface area contributed by atoms with Crippen molar-refractivity contribution >= 4 is 11.7 Å². The van der Waals surface area contributed by atoms with E-state index in [9.17, 15) is 9.90 Å². The number of aromatic nitrogens is 5. The number of carbonyl (C=O) groups excluding carboxylic acids is 1. The molecule has 1 amide bonds. The second-order valence-corrected chi connectivity index (χ2v) is 7.03. The summed E-state index contributed by atoms with van der Waals surface area (Å²) in [6.45, 7) is 2.00. The van der Waals surface area contributed by atoms with Crippen LogP contribution in [-0.2, 0) is 11.3 Å². The van der Waals surface area contributed by atoms with Crippen LogP contribution in [0.4, 0.5) is 5.82 Å². The Balaban J connectivity index is 1.25. The summed E-state index contributed by atoms with van der Waals surface area (Å²) in [5.74, 6) is 1.27. The van der Waals surface area contributed by atoms with Crippen LogP contribution in [0.5, 0.6) is 0 Å². The van der Waals surface area contributed by atoms with Crippen LogP contribution in [0.15, 0.2) is 25.0 Å². The van der Waals surface area contributed by atoms with Gasteiger partial charge in [-0.25, -0.2) is 15.0 Å². The Morgan fingerprint density at radius 3 is 2.92 bits per heavy atom. The van der Waals surface area contributed by atoms with Gasteiger partial charge in [0.05, 0.1) is 12.6 Å². The Morgan fingerprint density at radius 1 is 1.31 bits per heavy atom. The third-order valence-corrected chi connectivity index (χ3v) is 5.12. The summed E-state index contributed by atoms with van der Waals surface area (Å²) in [4.78, 5) is 26.7. The molecule has 9 heteroatoms. The molecule has 4 rings (SSSR count). The lowest BCUT2D eigenvalue weighted by Gasteiger charge is -2.35. The number of hydrogen-bond donors (Lipinski definition) is 2. The molecule has 1 saturated carbocycles. The molecular weight excluding hydrogens is 334 g/mol. The van der Waals surface area contributed by atoms with Gasteiger partial charge in [-0.15, -0.1) is 0 Å². The smallest absolute Gasteiger partial charge is 0.222 e. The zero-order valence-electron chi connectivity index (χ0n) is 14.5. The number of hydrogen-bond acceptors (Lipinski definition) is 7. The average Bonchev–Trinajstić information content (AvgIpc) is 3.27. The number of β-amino-alcohol motifs (C(OH)–C–C–N with tert-alkyl or cyclic N) is 1. The first-order chi connectivity index (χ1) is 12.7. The molecule has 1 aliphatic heterocycles. The van der Waals surface area contributed by atoms with Crippen molar-refractivity contribution in [3.8, 4) is 0 Å². The Labute approximate surface area is 151 Å². The molecule has 0 aromatic carbocycles. The molecule has 2 fully saturated rings. The lowest BCUT2D eigenvalue weighted by molar-refractivity contribution is -0.122. The third kappa shape index (κ3) is 3.82. The van der Waals surface area contributed by atoms with Crippen LogP contribution in [-0.4, -0.2) is 61.0 Å². The summed E-state index contributed by atoms with van der Waals surface area (Å²) in [6, 6.07) is 2.22. The SMILES string of the molecule is O=C(CCn1cncn1)NC1CC(c2cc(N3CC[C@H](O)C3)ncn2)C1. The molecule has 0 spiro atoms. The largest absolute Gasteiger partial charge is 0.391 e. The Bertz CT molecular complexity index is 745. The summed E-state index contributed by atoms with van der Waals surface area (Å²) >= 11 is 0. The number of carbonyl (C=O) groups is 1. The van der Waals surface area contributed by atoms with Crippen LogP contribution >= 0.6 is 0 Å². The van der Waals surface area contributed by atoms with Crippen molar-refractivity contribution in [3.05, 3.63) is 30.7 Å². The number of anilines is 1. The molecule has 1 atom stereocenters. The van der Waals surface area contributed by atoms with Gasteiger partial charge in [0.25, 0.3) is 0 Å². The lowest BCUT2D eigenvalue weighted by atomic mass is 9.78. The third-order valence-electron chi connectivity index (χ3n) is 5.12. The van der Waals surface area contributed by atoms with Gasteiger partial charge in [0.1, 0.15) is 24.8 Å². The molecule has 1 aliphatic carbocycles. The van der Waals surface area contributed by atoms with Gasteiger partial charge in [-0.1, -0.05) is 0 Å². The van der Waals surface area contributed by atoms with Crippen LogP contribution in [0, 0.1) is 0 Å². The molecule has 2 aromatic heterocycles. The first-order valence-corrected chi connectivity index (χ1v) is 9.04. The van der Waals surface area contributed by atoms with E-state index < -0.39 is 0 Å². The monoisotopic (exact) mass is 357 g/mol. The predicted molar refractivity (Wildman–Crippen MR) is 93.4 cm³/mol. The number of aliphatic hydroxyl groups excluding tert-OH is 1. The minimum absolute atomic E-state index is 0.0402. The molecule has 2 N–H and O–H groups in total. The van der Waals surface area contributed by atoms with Gasteiger partial charge in [0, 0.05) is 43.2 Å². The minimum Gasteiger partial charge on any atom is -0.391 e. The molecule has 26 heavy (non-hydrogen) atoms. The Kier molecular flexibility index (Phi) is 4.79. The summed E-state index contributed by atoms with van der Waals surface area (Å²) in [5.41, 5.74) is 1.02. The van der Waals surface area contributed by atoms with E-state index in [4.69, 9.17) is 0 Å². The fraction of sp³-hybridized carbons (Fsp3) is 0.588. The van der Waals surface area contributed by atoms with E-state index >= 15 is 0 Å². The van der Waals surface area contributed by atoms with E-state index in [0.29, 0.717) is 25.4 Å². The van der Waals surface area contributed by atoms with Crippen LogP contribution in [0.2, 0.25) is 0 Å². The molecule has 138 valence electrons. The average molecular weight is 357 g/mol. The van der Waals surface area contributed by atoms with E-state index in [1.807, 2.05) is 6.07 Å². The van der Waals surface area contributed by atoms with Gasteiger partial charge in [-0.3, -0.25) is 9.48 Å². The Hall–Kier alpha value is -2.55. The van der Waals surface area contributed by atoms with Gasteiger partial charge in [0.2, 0.25) is 5.91 Å². The minimum atomic E-state index is -0.269. The van der Waals surface area contributed by atoms with E-state index in [0.717, 1.165) is 37.3 Å². The second kappa shape index (κ2) is 7.36. The fourth-order valence-electron chi connectivity index (χ4n) is 3.55. The number of aryl methyl sites for hydroxylation is 1. The summed E-state index contributed by atoms with van der Waals surface area (Å²) in [7, 11) is 0. The van der Waals surface area contributed by atoms with Crippen LogP contribution in [0.3, 0.4) is 0 Å². The maximum atomic E-state index is 12.0. The standard InChI is InChI=1S/C17H23N7O2/c25-14-1-3-23(8-14)16-7-15(19-10-20-16)12-5-13(6-12)22-17(26)2-4-24-11-18-9-21-24/h7,9-14,25H,1-6,8H2,(H,22,26)/t12?,13?,14-/m0/s1. The molecule has 2 aliphatic rings. The lowest BCUT2D eigenvalue weighted by Crippen LogP contribution is -2.43. The molecular formula is C17H23N7O2. The zero-order chi connectivity index (χ0) is 17.9. The van der Waals surface area contributed by atoms with Gasteiger partial charge in [-0.2, -0.15) is 5.10 Å². The second-order valence-electron chi connectivity index (χ2n) is 7.03. The van der Waals surface area contributed by atoms with Crippen molar-refractivity contribution in [2.45, 2.75) is 50.3 Å². The van der Waals surface area contributed by atoms with Crippen molar-refractivity contribution < 1.29 is 9.90 Å². The van der Waals surface area contributed by atoms with E-state index in [2.05, 4.69) is 30.3 Å². The number of nitrogens with zero attached hydrogens (tertiary/aromatic N) is 6. The van der Waals surface area contributed by atoms with Crippen molar-refractivity contribution in [1.29, 1.82) is 0 Å². The molecule has 9 nitrogen and oxygen atoms in total. The van der Waals surface area contributed by atoms with E-state index in [1.165, 1.54) is 6.33 Å². The molecule has 0 unspecified atom stereocenters. The number of amides is 1. The molecule has 0 radical (unpaired) electrons. The maximum Gasteiger partial charge on any atom is 0.222 e. The fourth-order valence-corrected chi connectivity index (χ4v) is 3.55. The number of aliphatic hydroxyl groups is 1.